The Balaban J connectivity index is 3.40. The molecule has 1 rings (SSSR count). The van der Waals surface area contributed by atoms with Crippen molar-refractivity contribution < 1.29 is 28.3 Å². The summed E-state index contributed by atoms with van der Waals surface area (Å²) in [7, 11) is 5.71. The molecule has 0 spiro atoms. The standard InChI is InChI=1S/C6H2B6N3O9S2/c7-1(16)22-10-13-4(19)14(11-23-2(17)8-25)6(21)15(5(13)20)12-24-3(18)9-26/h25-26H. The predicted molar refractivity (Wildman–Crippen MR) is 97.4 cm³/mol. The van der Waals surface area contributed by atoms with E-state index in [0.29, 0.717) is 36.0 Å². The van der Waals surface area contributed by atoms with E-state index in [9.17, 15) is 28.8 Å². The summed E-state index contributed by atoms with van der Waals surface area (Å²) in [5.41, 5.74) is -4.18. The summed E-state index contributed by atoms with van der Waals surface area (Å²) in [5, 5.41) is 0. The van der Waals surface area contributed by atoms with Gasteiger partial charge in [0.15, 0.2) is 0 Å². The molecule has 20 heteroatoms. The molecule has 125 valence electrons. The molecule has 1 heterocycles. The summed E-state index contributed by atoms with van der Waals surface area (Å²) in [5.74, 6) is -3.48. The first-order valence-electron chi connectivity index (χ1n) is 6.04. The molecule has 0 aliphatic heterocycles. The fraction of sp³-hybridized carbons (Fsp3) is 0. The Morgan fingerprint density at radius 3 is 1.31 bits per heavy atom. The van der Waals surface area contributed by atoms with Gasteiger partial charge in [0.2, 0.25) is 25.5 Å². The number of thiol groups is 2. The normalized spacial score (nSPS) is 9.46. The van der Waals surface area contributed by atoms with Gasteiger partial charge in [-0.15, -0.1) is 0 Å². The first kappa shape index (κ1) is 22.0. The minimum Gasteiger partial charge on any atom is -0.525 e. The van der Waals surface area contributed by atoms with Crippen LogP contribution in [-0.2, 0) is 14.0 Å². The van der Waals surface area contributed by atoms with Crippen LogP contribution in [0, 0.1) is 0 Å². The predicted octanol–water partition coefficient (Wildman–Crippen LogP) is -4.01. The van der Waals surface area contributed by atoms with Crippen LogP contribution in [0.15, 0.2) is 14.4 Å². The highest BCUT2D eigenvalue weighted by molar-refractivity contribution is 8.10. The van der Waals surface area contributed by atoms with Crippen molar-refractivity contribution in [3.8, 4) is 0 Å². The SMILES string of the molecule is [B]C(=O)O[B]n1c(=O)n([B]OC(=O)[B]S)c(=O)n([B]OC(=O)[B]S)c1=O. The topological polar surface area (TPSA) is 145 Å². The van der Waals surface area contributed by atoms with Crippen molar-refractivity contribution >= 4 is 86.4 Å². The van der Waals surface area contributed by atoms with Gasteiger partial charge in [0.05, 0.1) is 0 Å². The monoisotopic (exact) mass is 390 g/mol. The van der Waals surface area contributed by atoms with E-state index in [1.807, 2.05) is 0 Å². The number of rotatable bonds is 8. The zero-order valence-corrected chi connectivity index (χ0v) is 14.2. The van der Waals surface area contributed by atoms with Gasteiger partial charge in [-0.1, -0.05) is 0 Å². The molecule has 0 atom stereocenters. The number of carbonyl (C=O) groups is 3. The van der Waals surface area contributed by atoms with Gasteiger partial charge in [-0.3, -0.25) is 27.8 Å². The van der Waals surface area contributed by atoms with E-state index in [1.54, 1.807) is 0 Å². The molecule has 0 unspecified atom stereocenters. The highest BCUT2D eigenvalue weighted by Gasteiger charge is 2.22. The lowest BCUT2D eigenvalue weighted by atomic mass is 10.1. The summed E-state index contributed by atoms with van der Waals surface area (Å²) < 4.78 is 13.4. The molecule has 0 aromatic carbocycles. The first-order chi connectivity index (χ1) is 12.2. The first-order valence-corrected chi connectivity index (χ1v) is 7.08. The van der Waals surface area contributed by atoms with Gasteiger partial charge in [0.1, 0.15) is 0 Å². The second kappa shape index (κ2) is 10.2. The quantitative estimate of drug-likeness (QED) is 0.336. The van der Waals surface area contributed by atoms with Crippen molar-refractivity contribution in [1.82, 2.24) is 13.4 Å². The van der Waals surface area contributed by atoms with E-state index in [-0.39, 0.29) is 13.4 Å². The Hall–Kier alpha value is -2.09. The van der Waals surface area contributed by atoms with Crippen LogP contribution in [0.4, 0.5) is 14.4 Å². The fourth-order valence-corrected chi connectivity index (χ4v) is 1.36. The Kier molecular flexibility index (Phi) is 8.57. The third-order valence-corrected chi connectivity index (χ3v) is 2.69. The van der Waals surface area contributed by atoms with Crippen LogP contribution in [0.1, 0.15) is 0 Å². The summed E-state index contributed by atoms with van der Waals surface area (Å²) in [6, 6.07) is 0. The molecule has 0 amide bonds. The van der Waals surface area contributed by atoms with Gasteiger partial charge in [-0.25, -0.2) is 39.3 Å². The molecular weight excluding hydrogens is 387 g/mol. The van der Waals surface area contributed by atoms with Gasteiger partial charge in [-0.2, -0.15) is 0 Å². The average molecular weight is 389 g/mol. The molecule has 1 aromatic rings. The van der Waals surface area contributed by atoms with Crippen LogP contribution in [0.25, 0.3) is 0 Å². The van der Waals surface area contributed by atoms with Gasteiger partial charge in [-0.05, 0) is 0 Å². The zero-order chi connectivity index (χ0) is 19.9. The van der Waals surface area contributed by atoms with E-state index >= 15 is 0 Å². The van der Waals surface area contributed by atoms with Gasteiger partial charge < -0.3 is 14.0 Å². The number of aromatic nitrogens is 3. The highest BCUT2D eigenvalue weighted by Crippen LogP contribution is 1.82. The number of nitrogens with zero attached hydrogens (tertiary/aromatic N) is 3. The molecule has 26 heavy (non-hydrogen) atoms. The summed E-state index contributed by atoms with van der Waals surface area (Å²) in [6.45, 7) is 1.35. The van der Waals surface area contributed by atoms with Crippen molar-refractivity contribution in [3.05, 3.63) is 31.5 Å². The van der Waals surface area contributed by atoms with Crippen LogP contribution < -0.4 is 17.1 Å². The Morgan fingerprint density at radius 2 is 1.04 bits per heavy atom. The van der Waals surface area contributed by atoms with E-state index in [2.05, 4.69) is 38.9 Å². The van der Waals surface area contributed by atoms with E-state index in [0.717, 1.165) is 0 Å². The maximum absolute atomic E-state index is 12.2. The summed E-state index contributed by atoms with van der Waals surface area (Å²) in [6.07, 6.45) is 0. The van der Waals surface area contributed by atoms with Gasteiger partial charge in [0, 0.05) is 0 Å². The van der Waals surface area contributed by atoms with Crippen molar-refractivity contribution in [1.29, 1.82) is 0 Å². The third kappa shape index (κ3) is 5.72. The lowest BCUT2D eigenvalue weighted by molar-refractivity contribution is 0.226. The van der Waals surface area contributed by atoms with Gasteiger partial charge >= 0.3 is 53.0 Å². The molecule has 0 saturated heterocycles. The maximum Gasteiger partial charge on any atom is 0.535 e. The molecular formula is C6H2B6N3O9S2. The molecule has 7 radical (unpaired) electrons. The summed E-state index contributed by atoms with van der Waals surface area (Å²) >= 11 is 6.99. The van der Waals surface area contributed by atoms with Crippen molar-refractivity contribution in [3.63, 3.8) is 0 Å². The maximum atomic E-state index is 12.2. The number of carbonyl (C=O) groups excluding carboxylic acids is 3. The largest absolute Gasteiger partial charge is 0.535 e. The summed E-state index contributed by atoms with van der Waals surface area (Å²) in [4.78, 5) is 69.2. The van der Waals surface area contributed by atoms with Gasteiger partial charge in [0.25, 0.3) is 0 Å². The molecule has 0 bridgehead atoms. The Morgan fingerprint density at radius 1 is 0.731 bits per heavy atom. The Bertz CT molecular complexity index is 824. The van der Waals surface area contributed by atoms with E-state index in [4.69, 9.17) is 7.85 Å². The number of hydrogen-bond acceptors (Lipinski definition) is 11. The second-order valence-corrected chi connectivity index (χ2v) is 4.36. The minimum atomic E-state index is -1.40. The number of hydrogen-bond donors (Lipinski definition) is 2. The smallest absolute Gasteiger partial charge is 0.525 e. The van der Waals surface area contributed by atoms with Crippen LogP contribution in [0.3, 0.4) is 0 Å². The molecule has 1 aromatic heterocycles. The third-order valence-electron chi connectivity index (χ3n) is 2.27. The second-order valence-electron chi connectivity index (χ2n) is 3.84. The van der Waals surface area contributed by atoms with E-state index < -0.39 is 34.7 Å². The molecule has 0 aliphatic rings. The van der Waals surface area contributed by atoms with Crippen molar-refractivity contribution in [2.24, 2.45) is 0 Å². The van der Waals surface area contributed by atoms with Crippen LogP contribution in [0.2, 0.25) is 0 Å². The molecule has 0 fully saturated rings. The van der Waals surface area contributed by atoms with Crippen molar-refractivity contribution in [2.45, 2.75) is 0 Å². The molecule has 0 saturated carbocycles. The Labute approximate surface area is 159 Å². The fourth-order valence-electron chi connectivity index (χ4n) is 1.24. The van der Waals surface area contributed by atoms with Crippen molar-refractivity contribution in [2.75, 3.05) is 0 Å². The van der Waals surface area contributed by atoms with E-state index in [1.165, 1.54) is 0 Å². The molecule has 12 nitrogen and oxygen atoms in total. The molecule has 0 N–H and O–H groups in total. The average Bonchev–Trinajstić information content (AvgIpc) is 2.60. The molecule has 0 aliphatic carbocycles. The highest BCUT2D eigenvalue weighted by atomic mass is 32.1. The lowest BCUT2D eigenvalue weighted by Crippen LogP contribution is -2.59. The van der Waals surface area contributed by atoms with Crippen LogP contribution in [0.5, 0.6) is 0 Å². The van der Waals surface area contributed by atoms with Crippen LogP contribution in [-0.4, -0.2) is 74.9 Å². The van der Waals surface area contributed by atoms with Crippen LogP contribution >= 0.6 is 25.0 Å². The lowest BCUT2D eigenvalue weighted by Gasteiger charge is -2.11. The zero-order valence-electron chi connectivity index (χ0n) is 12.4. The minimum absolute atomic E-state index is 0.107.